The molecule has 0 radical (unpaired) electrons. The summed E-state index contributed by atoms with van der Waals surface area (Å²) < 4.78 is 6.62. The van der Waals surface area contributed by atoms with Gasteiger partial charge in [-0.1, -0.05) is 11.3 Å². The van der Waals surface area contributed by atoms with Gasteiger partial charge in [-0.25, -0.2) is 4.68 Å². The van der Waals surface area contributed by atoms with Crippen LogP contribution in [-0.4, -0.2) is 27.2 Å². The van der Waals surface area contributed by atoms with Crippen molar-refractivity contribution in [1.29, 1.82) is 0 Å². The van der Waals surface area contributed by atoms with E-state index >= 15 is 0 Å². The molecule has 5 nitrogen and oxygen atoms in total. The molecule has 0 aliphatic rings. The van der Waals surface area contributed by atoms with Crippen LogP contribution in [-0.2, 0) is 7.05 Å². The molecule has 0 amide bonds. The van der Waals surface area contributed by atoms with Crippen molar-refractivity contribution in [2.24, 2.45) is 7.05 Å². The van der Waals surface area contributed by atoms with Gasteiger partial charge in [0.2, 0.25) is 0 Å². The molecule has 78 valence electrons. The van der Waals surface area contributed by atoms with E-state index in [2.05, 4.69) is 10.3 Å². The predicted molar refractivity (Wildman–Crippen MR) is 54.7 cm³/mol. The lowest BCUT2D eigenvalue weighted by molar-refractivity contribution is 0.374. The van der Waals surface area contributed by atoms with Gasteiger partial charge in [-0.3, -0.25) is 0 Å². The molecular weight excluding hydrogens is 194 g/mol. The van der Waals surface area contributed by atoms with E-state index in [0.717, 1.165) is 5.69 Å². The van der Waals surface area contributed by atoms with Crippen LogP contribution in [0.3, 0.4) is 0 Å². The maximum absolute atomic E-state index is 9.89. The Bertz CT molecular complexity index is 479. The molecule has 0 spiro atoms. The summed E-state index contributed by atoms with van der Waals surface area (Å²) in [6.45, 7) is 0. The van der Waals surface area contributed by atoms with Gasteiger partial charge in [0.15, 0.2) is 11.5 Å². The Morgan fingerprint density at radius 2 is 2.20 bits per heavy atom. The summed E-state index contributed by atoms with van der Waals surface area (Å²) in [5.41, 5.74) is 1.40. The van der Waals surface area contributed by atoms with Crippen LogP contribution in [0.15, 0.2) is 24.4 Å². The Morgan fingerprint density at radius 3 is 2.80 bits per heavy atom. The molecule has 2 aromatic rings. The van der Waals surface area contributed by atoms with Gasteiger partial charge in [0.05, 0.1) is 19.0 Å². The molecule has 1 aromatic carbocycles. The topological polar surface area (TPSA) is 60.2 Å². The first-order valence-electron chi connectivity index (χ1n) is 4.45. The van der Waals surface area contributed by atoms with Crippen molar-refractivity contribution in [1.82, 2.24) is 15.0 Å². The predicted octanol–water partition coefficient (Wildman–Crippen LogP) is 1.20. The largest absolute Gasteiger partial charge is 0.504 e. The molecule has 15 heavy (non-hydrogen) atoms. The van der Waals surface area contributed by atoms with Gasteiger partial charge in [-0.15, -0.1) is 5.10 Å². The molecule has 0 aliphatic heterocycles. The van der Waals surface area contributed by atoms with Gasteiger partial charge < -0.3 is 9.84 Å². The van der Waals surface area contributed by atoms with E-state index in [4.69, 9.17) is 4.74 Å². The second kappa shape index (κ2) is 3.61. The van der Waals surface area contributed by atoms with Crippen LogP contribution in [0.4, 0.5) is 0 Å². The normalized spacial score (nSPS) is 10.3. The fourth-order valence-corrected chi connectivity index (χ4v) is 1.43. The molecule has 0 atom stereocenters. The first kappa shape index (κ1) is 9.51. The fraction of sp³-hybridized carbons (Fsp3) is 0.200. The average molecular weight is 205 g/mol. The minimum absolute atomic E-state index is 0.102. The highest BCUT2D eigenvalue weighted by Crippen LogP contribution is 2.35. The summed E-state index contributed by atoms with van der Waals surface area (Å²) in [5.74, 6) is 0.541. The molecule has 0 aliphatic carbocycles. The maximum atomic E-state index is 9.89. The van der Waals surface area contributed by atoms with Crippen molar-refractivity contribution >= 4 is 0 Å². The Kier molecular flexibility index (Phi) is 2.29. The Balaban J connectivity index is 2.59. The zero-order valence-electron chi connectivity index (χ0n) is 8.51. The van der Waals surface area contributed by atoms with E-state index in [9.17, 15) is 5.11 Å². The molecule has 0 saturated heterocycles. The van der Waals surface area contributed by atoms with Crippen LogP contribution in [0.25, 0.3) is 11.3 Å². The van der Waals surface area contributed by atoms with E-state index in [1.165, 1.54) is 7.11 Å². The van der Waals surface area contributed by atoms with Gasteiger partial charge in [-0.05, 0) is 12.1 Å². The number of hydrogen-bond donors (Lipinski definition) is 1. The van der Waals surface area contributed by atoms with Crippen molar-refractivity contribution in [3.8, 4) is 22.8 Å². The monoisotopic (exact) mass is 205 g/mol. The van der Waals surface area contributed by atoms with Crippen LogP contribution in [0.2, 0.25) is 0 Å². The van der Waals surface area contributed by atoms with Crippen LogP contribution in [0.1, 0.15) is 0 Å². The molecule has 0 bridgehead atoms. The molecular formula is C10H11N3O2. The number of phenolic OH excluding ortho intramolecular Hbond substituents is 1. The standard InChI is InChI=1S/C10H11N3O2/c1-13-8(6-11-12-13)7-4-3-5-9(15-2)10(7)14/h3-6,14H,1-2H3. The Hall–Kier alpha value is -2.04. The number of phenols is 1. The van der Waals surface area contributed by atoms with Gasteiger partial charge in [0, 0.05) is 12.6 Å². The molecule has 1 N–H and O–H groups in total. The highest BCUT2D eigenvalue weighted by molar-refractivity contribution is 5.70. The molecule has 1 heterocycles. The molecule has 0 unspecified atom stereocenters. The number of nitrogens with zero attached hydrogens (tertiary/aromatic N) is 3. The number of hydrogen-bond acceptors (Lipinski definition) is 4. The Labute approximate surface area is 86.9 Å². The molecule has 1 aromatic heterocycles. The Morgan fingerprint density at radius 1 is 1.40 bits per heavy atom. The van der Waals surface area contributed by atoms with E-state index in [1.54, 1.807) is 36.1 Å². The number of aryl methyl sites for hydroxylation is 1. The van der Waals surface area contributed by atoms with Gasteiger partial charge >= 0.3 is 0 Å². The van der Waals surface area contributed by atoms with Crippen LogP contribution >= 0.6 is 0 Å². The van der Waals surface area contributed by atoms with Crippen molar-refractivity contribution in [3.63, 3.8) is 0 Å². The average Bonchev–Trinajstić information content (AvgIpc) is 2.65. The molecule has 2 rings (SSSR count). The summed E-state index contributed by atoms with van der Waals surface area (Å²) >= 11 is 0. The van der Waals surface area contributed by atoms with Crippen LogP contribution < -0.4 is 4.74 Å². The highest BCUT2D eigenvalue weighted by Gasteiger charge is 2.12. The lowest BCUT2D eigenvalue weighted by Gasteiger charge is -2.07. The third-order valence-electron chi connectivity index (χ3n) is 2.21. The molecule has 0 fully saturated rings. The van der Waals surface area contributed by atoms with Crippen LogP contribution in [0, 0.1) is 0 Å². The first-order valence-corrected chi connectivity index (χ1v) is 4.45. The fourth-order valence-electron chi connectivity index (χ4n) is 1.43. The number of para-hydroxylation sites is 1. The number of ether oxygens (including phenoxy) is 1. The summed E-state index contributed by atoms with van der Waals surface area (Å²) in [4.78, 5) is 0. The minimum atomic E-state index is 0.102. The van der Waals surface area contributed by atoms with Crippen molar-refractivity contribution < 1.29 is 9.84 Å². The number of benzene rings is 1. The molecule has 0 saturated carbocycles. The molecule has 5 heteroatoms. The number of aromatic nitrogens is 3. The smallest absolute Gasteiger partial charge is 0.167 e. The van der Waals surface area contributed by atoms with E-state index < -0.39 is 0 Å². The number of aromatic hydroxyl groups is 1. The van der Waals surface area contributed by atoms with E-state index in [1.807, 2.05) is 0 Å². The zero-order chi connectivity index (χ0) is 10.8. The van der Waals surface area contributed by atoms with Crippen LogP contribution in [0.5, 0.6) is 11.5 Å². The second-order valence-electron chi connectivity index (χ2n) is 3.10. The third kappa shape index (κ3) is 1.52. The lowest BCUT2D eigenvalue weighted by Crippen LogP contribution is -1.94. The van der Waals surface area contributed by atoms with Gasteiger partial charge in [0.25, 0.3) is 0 Å². The zero-order valence-corrected chi connectivity index (χ0v) is 8.51. The van der Waals surface area contributed by atoms with E-state index in [0.29, 0.717) is 11.3 Å². The summed E-state index contributed by atoms with van der Waals surface area (Å²) in [6.07, 6.45) is 1.59. The SMILES string of the molecule is COc1cccc(-c2cnnn2C)c1O. The first-order chi connectivity index (χ1) is 7.24. The number of rotatable bonds is 2. The highest BCUT2D eigenvalue weighted by atomic mass is 16.5. The van der Waals surface area contributed by atoms with Crippen molar-refractivity contribution in [3.05, 3.63) is 24.4 Å². The van der Waals surface area contributed by atoms with Crippen molar-refractivity contribution in [2.45, 2.75) is 0 Å². The minimum Gasteiger partial charge on any atom is -0.504 e. The van der Waals surface area contributed by atoms with Crippen molar-refractivity contribution in [2.75, 3.05) is 7.11 Å². The summed E-state index contributed by atoms with van der Waals surface area (Å²) in [7, 11) is 3.28. The van der Waals surface area contributed by atoms with E-state index in [-0.39, 0.29) is 5.75 Å². The third-order valence-corrected chi connectivity index (χ3v) is 2.21. The summed E-state index contributed by atoms with van der Waals surface area (Å²) in [5, 5.41) is 17.5. The quantitative estimate of drug-likeness (QED) is 0.800. The number of methoxy groups -OCH3 is 1. The van der Waals surface area contributed by atoms with Gasteiger partial charge in [-0.2, -0.15) is 0 Å². The maximum Gasteiger partial charge on any atom is 0.167 e. The summed E-state index contributed by atoms with van der Waals surface area (Å²) in [6, 6.07) is 5.29. The van der Waals surface area contributed by atoms with Gasteiger partial charge in [0.1, 0.15) is 0 Å². The second-order valence-corrected chi connectivity index (χ2v) is 3.10. The lowest BCUT2D eigenvalue weighted by atomic mass is 10.1.